The van der Waals surface area contributed by atoms with Gasteiger partial charge >= 0.3 is 0 Å². The Hall–Kier alpha value is -1.39. The van der Waals surface area contributed by atoms with Gasteiger partial charge in [0.1, 0.15) is 5.01 Å². The topological polar surface area (TPSA) is 38.9 Å². The number of allylic oxidation sites excluding steroid dienone is 2. The first-order valence-corrected chi connectivity index (χ1v) is 7.23. The van der Waals surface area contributed by atoms with Crippen LogP contribution in [0.2, 0.25) is 0 Å². The van der Waals surface area contributed by atoms with E-state index >= 15 is 0 Å². The third-order valence-electron chi connectivity index (χ3n) is 2.74. The molecular formula is C14H11BrN2S. The van der Waals surface area contributed by atoms with Gasteiger partial charge in [0, 0.05) is 11.3 Å². The van der Waals surface area contributed by atoms with Crippen LogP contribution >= 0.6 is 27.3 Å². The molecule has 3 rings (SSSR count). The summed E-state index contributed by atoms with van der Waals surface area (Å²) in [5.74, 6) is 0. The average molecular weight is 319 g/mol. The van der Waals surface area contributed by atoms with E-state index in [1.807, 2.05) is 24.3 Å². The van der Waals surface area contributed by atoms with Gasteiger partial charge in [-0.2, -0.15) is 0 Å². The molecule has 1 heterocycles. The predicted molar refractivity (Wildman–Crippen MR) is 81.8 cm³/mol. The Kier molecular flexibility index (Phi) is 3.06. The first-order chi connectivity index (χ1) is 8.72. The van der Waals surface area contributed by atoms with Crippen molar-refractivity contribution in [1.29, 1.82) is 0 Å². The van der Waals surface area contributed by atoms with Crippen molar-refractivity contribution in [1.82, 2.24) is 4.98 Å². The van der Waals surface area contributed by atoms with Crippen molar-refractivity contribution < 1.29 is 0 Å². The summed E-state index contributed by atoms with van der Waals surface area (Å²) in [7, 11) is 0. The van der Waals surface area contributed by atoms with Crippen LogP contribution in [-0.2, 0) is 0 Å². The highest BCUT2D eigenvalue weighted by atomic mass is 79.9. The minimum Gasteiger partial charge on any atom is -0.399 e. The van der Waals surface area contributed by atoms with Gasteiger partial charge in [-0.05, 0) is 47.3 Å². The molecule has 18 heavy (non-hydrogen) atoms. The number of aromatic nitrogens is 1. The molecule has 0 bridgehead atoms. The summed E-state index contributed by atoms with van der Waals surface area (Å²) in [5.41, 5.74) is 7.59. The van der Waals surface area contributed by atoms with E-state index in [-0.39, 0.29) is 0 Å². The summed E-state index contributed by atoms with van der Waals surface area (Å²) in [6.07, 6.45) is 7.25. The van der Waals surface area contributed by atoms with Gasteiger partial charge in [-0.25, -0.2) is 4.98 Å². The van der Waals surface area contributed by atoms with Crippen LogP contribution < -0.4 is 15.6 Å². The van der Waals surface area contributed by atoms with Crippen LogP contribution in [-0.4, -0.2) is 4.98 Å². The summed E-state index contributed by atoms with van der Waals surface area (Å²) in [5, 5.41) is 2.08. The molecule has 1 aromatic heterocycles. The Morgan fingerprint density at radius 3 is 2.72 bits per heavy atom. The molecule has 2 aromatic rings. The number of nitrogens with two attached hydrogens (primary N) is 1. The van der Waals surface area contributed by atoms with Crippen LogP contribution in [0.15, 0.2) is 34.8 Å². The zero-order valence-corrected chi connectivity index (χ0v) is 12.0. The zero-order valence-electron chi connectivity index (χ0n) is 9.56. The highest BCUT2D eigenvalue weighted by Crippen LogP contribution is 2.20. The summed E-state index contributed by atoms with van der Waals surface area (Å²) in [4.78, 5) is 4.67. The molecule has 1 aliphatic rings. The number of hydrogen-bond donors (Lipinski definition) is 1. The maximum atomic E-state index is 5.70. The van der Waals surface area contributed by atoms with Crippen molar-refractivity contribution in [3.63, 3.8) is 0 Å². The molecule has 2 nitrogen and oxygen atoms in total. The van der Waals surface area contributed by atoms with Crippen molar-refractivity contribution >= 4 is 45.1 Å². The molecule has 2 N–H and O–H groups in total. The Balaban J connectivity index is 2.12. The molecule has 1 aliphatic carbocycles. The van der Waals surface area contributed by atoms with E-state index in [2.05, 4.69) is 39.1 Å². The molecule has 0 saturated carbocycles. The summed E-state index contributed by atoms with van der Waals surface area (Å²) in [6.45, 7) is 0. The van der Waals surface area contributed by atoms with Gasteiger partial charge in [0.2, 0.25) is 0 Å². The van der Waals surface area contributed by atoms with E-state index in [0.717, 1.165) is 28.0 Å². The standard InChI is InChI=1S/C14H11BrN2S/c15-10-3-7-12-13(8-4-10)18-14(17-12)9-1-5-11(16)6-2-9/h1-3,5-8H,4,16H2. The molecule has 1 aromatic carbocycles. The minimum absolute atomic E-state index is 0.779. The van der Waals surface area contributed by atoms with Gasteiger partial charge in [-0.15, -0.1) is 11.3 Å². The molecule has 0 atom stereocenters. The van der Waals surface area contributed by atoms with E-state index < -0.39 is 0 Å². The van der Waals surface area contributed by atoms with E-state index in [0.29, 0.717) is 0 Å². The van der Waals surface area contributed by atoms with Crippen LogP contribution in [0.1, 0.15) is 6.42 Å². The number of rotatable bonds is 1. The largest absolute Gasteiger partial charge is 0.399 e. The Labute approximate surface area is 117 Å². The summed E-state index contributed by atoms with van der Waals surface area (Å²) >= 11 is 5.23. The van der Waals surface area contributed by atoms with Gasteiger partial charge in [0.25, 0.3) is 0 Å². The molecule has 0 radical (unpaired) electrons. The number of fused-ring (bicyclic) bond motifs is 1. The Morgan fingerprint density at radius 2 is 1.94 bits per heavy atom. The van der Waals surface area contributed by atoms with Crippen LogP contribution in [0.4, 0.5) is 5.69 Å². The van der Waals surface area contributed by atoms with Crippen molar-refractivity contribution in [2.45, 2.75) is 6.42 Å². The summed E-state index contributed by atoms with van der Waals surface area (Å²) in [6, 6.07) is 7.84. The van der Waals surface area contributed by atoms with Crippen molar-refractivity contribution in [2.75, 3.05) is 5.73 Å². The lowest BCUT2D eigenvalue weighted by Gasteiger charge is -1.96. The van der Waals surface area contributed by atoms with Crippen LogP contribution in [0, 0.1) is 0 Å². The number of benzene rings is 1. The number of nitrogens with zero attached hydrogens (tertiary/aromatic N) is 1. The third-order valence-corrected chi connectivity index (χ3v) is 4.45. The first-order valence-electron chi connectivity index (χ1n) is 5.62. The number of halogens is 1. The van der Waals surface area contributed by atoms with E-state index in [1.54, 1.807) is 11.3 Å². The number of thiazole rings is 1. The van der Waals surface area contributed by atoms with Gasteiger partial charge in [0.15, 0.2) is 0 Å². The number of anilines is 1. The molecule has 0 amide bonds. The first kappa shape index (κ1) is 11.7. The molecule has 0 spiro atoms. The lowest BCUT2D eigenvalue weighted by Crippen LogP contribution is -2.19. The maximum absolute atomic E-state index is 5.70. The zero-order chi connectivity index (χ0) is 12.5. The lowest BCUT2D eigenvalue weighted by molar-refractivity contribution is 1.32. The predicted octanol–water partition coefficient (Wildman–Crippen LogP) is 2.64. The van der Waals surface area contributed by atoms with Gasteiger partial charge < -0.3 is 5.73 Å². The molecule has 0 fully saturated rings. The fourth-order valence-electron chi connectivity index (χ4n) is 1.79. The van der Waals surface area contributed by atoms with Gasteiger partial charge in [-0.3, -0.25) is 0 Å². The quantitative estimate of drug-likeness (QED) is 0.821. The molecular weight excluding hydrogens is 308 g/mol. The number of hydrogen-bond acceptors (Lipinski definition) is 3. The number of nitrogen functional groups attached to an aromatic ring is 1. The van der Waals surface area contributed by atoms with Crippen molar-refractivity contribution in [2.24, 2.45) is 0 Å². The SMILES string of the molecule is Nc1ccc(-c2nc3c(s2)=CCC(Br)=CC=3)cc1. The lowest BCUT2D eigenvalue weighted by atomic mass is 10.2. The fourth-order valence-corrected chi connectivity index (χ4v) is 3.07. The Morgan fingerprint density at radius 1 is 1.17 bits per heavy atom. The van der Waals surface area contributed by atoms with E-state index in [1.165, 1.54) is 9.01 Å². The second kappa shape index (κ2) is 4.71. The second-order valence-corrected chi connectivity index (χ2v) is 6.13. The highest BCUT2D eigenvalue weighted by Gasteiger charge is 2.04. The fraction of sp³-hybridized carbons (Fsp3) is 0.0714. The normalized spacial score (nSPS) is 13.9. The smallest absolute Gasteiger partial charge is 0.124 e. The maximum Gasteiger partial charge on any atom is 0.124 e. The molecule has 4 heteroatoms. The highest BCUT2D eigenvalue weighted by molar-refractivity contribution is 9.11. The van der Waals surface area contributed by atoms with E-state index in [4.69, 9.17) is 5.73 Å². The van der Waals surface area contributed by atoms with Gasteiger partial charge in [0.05, 0.1) is 9.88 Å². The average Bonchev–Trinajstić information content (AvgIpc) is 2.70. The molecule has 0 saturated heterocycles. The van der Waals surface area contributed by atoms with Crippen LogP contribution in [0.5, 0.6) is 0 Å². The van der Waals surface area contributed by atoms with Crippen LogP contribution in [0.3, 0.4) is 0 Å². The van der Waals surface area contributed by atoms with Crippen molar-refractivity contribution in [3.8, 4) is 10.6 Å². The van der Waals surface area contributed by atoms with E-state index in [9.17, 15) is 0 Å². The van der Waals surface area contributed by atoms with Crippen molar-refractivity contribution in [3.05, 3.63) is 44.7 Å². The van der Waals surface area contributed by atoms with Gasteiger partial charge in [-0.1, -0.05) is 22.0 Å². The summed E-state index contributed by atoms with van der Waals surface area (Å²) < 4.78 is 2.41. The molecule has 90 valence electrons. The third kappa shape index (κ3) is 2.26. The monoisotopic (exact) mass is 318 g/mol. The second-order valence-electron chi connectivity index (χ2n) is 4.08. The molecule has 0 unspecified atom stereocenters. The Bertz CT molecular complexity index is 726. The van der Waals surface area contributed by atoms with Crippen LogP contribution in [0.25, 0.3) is 22.7 Å². The minimum atomic E-state index is 0.779. The molecule has 0 aliphatic heterocycles.